The van der Waals surface area contributed by atoms with Gasteiger partial charge in [0, 0.05) is 31.6 Å². The Morgan fingerprint density at radius 1 is 1.03 bits per heavy atom. The van der Waals surface area contributed by atoms with Crippen LogP contribution in [-0.2, 0) is 26.2 Å². The molecule has 39 heavy (non-hydrogen) atoms. The van der Waals surface area contributed by atoms with Crippen molar-refractivity contribution in [2.45, 2.75) is 70.5 Å². The number of nitrogens with zero attached hydrogens (tertiary/aromatic N) is 2. The van der Waals surface area contributed by atoms with Crippen molar-refractivity contribution in [1.29, 1.82) is 0 Å². The van der Waals surface area contributed by atoms with E-state index in [0.29, 0.717) is 49.8 Å². The van der Waals surface area contributed by atoms with Crippen molar-refractivity contribution in [2.24, 2.45) is 0 Å². The molecule has 0 aromatic heterocycles. The molecule has 2 aromatic rings. The van der Waals surface area contributed by atoms with Gasteiger partial charge in [0.2, 0.25) is 21.8 Å². The predicted octanol–water partition coefficient (Wildman–Crippen LogP) is 3.87. The molecule has 2 aromatic carbocycles. The number of hydrogen-bond donors (Lipinski definition) is 1. The predicted molar refractivity (Wildman–Crippen MR) is 150 cm³/mol. The second kappa shape index (κ2) is 13.2. The molecule has 2 aliphatic rings. The summed E-state index contributed by atoms with van der Waals surface area (Å²) >= 11 is 0. The van der Waals surface area contributed by atoms with Gasteiger partial charge in [0.15, 0.2) is 11.5 Å². The number of hydrogen-bond acceptors (Lipinski definition) is 6. The molecule has 0 unspecified atom stereocenters. The van der Waals surface area contributed by atoms with Gasteiger partial charge >= 0.3 is 0 Å². The molecule has 1 saturated carbocycles. The average molecular weight is 558 g/mol. The number of sulfonamides is 1. The second-order valence-electron chi connectivity index (χ2n) is 10.2. The molecule has 1 atom stereocenters. The van der Waals surface area contributed by atoms with E-state index in [2.05, 4.69) is 5.32 Å². The van der Waals surface area contributed by atoms with Crippen LogP contribution in [0.5, 0.6) is 11.5 Å². The minimum absolute atomic E-state index is 0.108. The van der Waals surface area contributed by atoms with Crippen molar-refractivity contribution >= 4 is 27.5 Å². The Morgan fingerprint density at radius 3 is 2.38 bits per heavy atom. The van der Waals surface area contributed by atoms with Crippen LogP contribution in [0.2, 0.25) is 0 Å². The van der Waals surface area contributed by atoms with E-state index in [4.69, 9.17) is 9.47 Å². The number of ether oxygens (including phenoxy) is 2. The highest BCUT2D eigenvalue weighted by Gasteiger charge is 2.31. The second-order valence-corrected chi connectivity index (χ2v) is 12.1. The molecule has 0 saturated heterocycles. The van der Waals surface area contributed by atoms with E-state index in [1.54, 1.807) is 23.1 Å². The molecular formula is C29H39N3O6S. The molecule has 10 heteroatoms. The zero-order valence-electron chi connectivity index (χ0n) is 22.8. The van der Waals surface area contributed by atoms with Gasteiger partial charge in [0.1, 0.15) is 19.3 Å². The van der Waals surface area contributed by atoms with Crippen molar-refractivity contribution in [3.8, 4) is 11.5 Å². The van der Waals surface area contributed by atoms with Crippen LogP contribution in [0.3, 0.4) is 0 Å². The fourth-order valence-corrected chi connectivity index (χ4v) is 6.22. The minimum atomic E-state index is -3.61. The number of fused-ring (bicyclic) bond motifs is 1. The molecule has 9 nitrogen and oxygen atoms in total. The lowest BCUT2D eigenvalue weighted by Gasteiger charge is -2.32. The number of carbonyl (C=O) groups excluding carboxylic acids is 2. The maximum absolute atomic E-state index is 13.6. The third kappa shape index (κ3) is 7.65. The summed E-state index contributed by atoms with van der Waals surface area (Å²) in [5, 5.41) is 3.15. The lowest BCUT2D eigenvalue weighted by atomic mass is 10.1. The molecule has 1 aliphatic carbocycles. The standard InChI is InChI=1S/C29H39N3O6S/c1-3-25(29(34)30-23-12-7-8-13-23)31(21-22-10-5-4-6-11-22)28(33)14-9-17-32(39(2,35)36)24-15-16-26-27(20-24)38-19-18-37-26/h4-6,10-11,15-16,20,23,25H,3,7-9,12-14,17-19,21H2,1-2H3,(H,30,34)/t25-/m1/s1. The highest BCUT2D eigenvalue weighted by atomic mass is 32.2. The Labute approximate surface area is 231 Å². The molecule has 1 N–H and O–H groups in total. The van der Waals surface area contributed by atoms with Gasteiger partial charge in [-0.05, 0) is 43.4 Å². The zero-order valence-corrected chi connectivity index (χ0v) is 23.6. The van der Waals surface area contributed by atoms with Gasteiger partial charge in [-0.2, -0.15) is 0 Å². The number of carbonyl (C=O) groups is 2. The summed E-state index contributed by atoms with van der Waals surface area (Å²) in [6, 6.07) is 14.2. The van der Waals surface area contributed by atoms with Gasteiger partial charge < -0.3 is 19.7 Å². The van der Waals surface area contributed by atoms with Crippen LogP contribution in [0.4, 0.5) is 5.69 Å². The molecule has 1 heterocycles. The molecule has 0 radical (unpaired) electrons. The first kappa shape index (κ1) is 28.7. The zero-order chi connectivity index (χ0) is 27.8. The van der Waals surface area contributed by atoms with Crippen molar-refractivity contribution in [1.82, 2.24) is 10.2 Å². The summed E-state index contributed by atoms with van der Waals surface area (Å²) < 4.78 is 37.8. The average Bonchev–Trinajstić information content (AvgIpc) is 3.43. The molecule has 0 bridgehead atoms. The van der Waals surface area contributed by atoms with E-state index >= 15 is 0 Å². The summed E-state index contributed by atoms with van der Waals surface area (Å²) in [7, 11) is -3.61. The van der Waals surface area contributed by atoms with E-state index in [-0.39, 0.29) is 30.8 Å². The smallest absolute Gasteiger partial charge is 0.243 e. The van der Waals surface area contributed by atoms with E-state index < -0.39 is 16.1 Å². The van der Waals surface area contributed by atoms with Crippen molar-refractivity contribution in [2.75, 3.05) is 30.3 Å². The maximum atomic E-state index is 13.6. The third-order valence-corrected chi connectivity index (χ3v) is 8.44. The first-order valence-electron chi connectivity index (χ1n) is 13.8. The Hall–Kier alpha value is -3.27. The summed E-state index contributed by atoms with van der Waals surface area (Å²) in [5.74, 6) is 0.772. The van der Waals surface area contributed by atoms with E-state index in [1.807, 2.05) is 37.3 Å². The van der Waals surface area contributed by atoms with Gasteiger partial charge in [-0.3, -0.25) is 13.9 Å². The van der Waals surface area contributed by atoms with Gasteiger partial charge in [-0.25, -0.2) is 8.42 Å². The van der Waals surface area contributed by atoms with Crippen LogP contribution in [0.15, 0.2) is 48.5 Å². The summed E-state index contributed by atoms with van der Waals surface area (Å²) in [5.41, 5.74) is 1.39. The van der Waals surface area contributed by atoms with Crippen molar-refractivity contribution in [3.05, 3.63) is 54.1 Å². The first-order chi connectivity index (χ1) is 18.8. The molecule has 1 fully saturated rings. The van der Waals surface area contributed by atoms with E-state index in [9.17, 15) is 18.0 Å². The fraction of sp³-hybridized carbons (Fsp3) is 0.517. The summed E-state index contributed by atoms with van der Waals surface area (Å²) in [6.45, 7) is 3.19. The monoisotopic (exact) mass is 557 g/mol. The molecule has 212 valence electrons. The summed E-state index contributed by atoms with van der Waals surface area (Å²) in [4.78, 5) is 28.5. The van der Waals surface area contributed by atoms with Crippen LogP contribution in [0, 0.1) is 0 Å². The van der Waals surface area contributed by atoms with E-state index in [1.165, 1.54) is 4.31 Å². The Balaban J connectivity index is 1.46. The van der Waals surface area contributed by atoms with Crippen molar-refractivity contribution < 1.29 is 27.5 Å². The minimum Gasteiger partial charge on any atom is -0.486 e. The topological polar surface area (TPSA) is 105 Å². The number of rotatable bonds is 12. The van der Waals surface area contributed by atoms with Crippen LogP contribution in [0.1, 0.15) is 57.4 Å². The number of amides is 2. The molecule has 2 amide bonds. The molecule has 1 aliphatic heterocycles. The number of nitrogens with one attached hydrogen (secondary N) is 1. The quantitative estimate of drug-likeness (QED) is 0.425. The van der Waals surface area contributed by atoms with Crippen LogP contribution < -0.4 is 19.1 Å². The first-order valence-corrected chi connectivity index (χ1v) is 15.6. The molecular weight excluding hydrogens is 518 g/mol. The fourth-order valence-electron chi connectivity index (χ4n) is 5.26. The Morgan fingerprint density at radius 2 is 1.72 bits per heavy atom. The highest BCUT2D eigenvalue weighted by Crippen LogP contribution is 2.34. The van der Waals surface area contributed by atoms with E-state index in [0.717, 1.165) is 37.5 Å². The van der Waals surface area contributed by atoms with Crippen LogP contribution in [-0.4, -0.2) is 63.2 Å². The molecule has 0 spiro atoms. The Kier molecular flexibility index (Phi) is 9.72. The molecule has 4 rings (SSSR count). The van der Waals surface area contributed by atoms with Crippen LogP contribution >= 0.6 is 0 Å². The van der Waals surface area contributed by atoms with Gasteiger partial charge in [-0.15, -0.1) is 0 Å². The van der Waals surface area contributed by atoms with Crippen molar-refractivity contribution in [3.63, 3.8) is 0 Å². The van der Waals surface area contributed by atoms with Gasteiger partial charge in [0.05, 0.1) is 11.9 Å². The van der Waals surface area contributed by atoms with Gasteiger partial charge in [-0.1, -0.05) is 50.1 Å². The summed E-state index contributed by atoms with van der Waals surface area (Å²) in [6.07, 6.45) is 6.19. The Bertz CT molecular complexity index is 1230. The number of anilines is 1. The van der Waals surface area contributed by atoms with Gasteiger partial charge in [0.25, 0.3) is 0 Å². The lowest BCUT2D eigenvalue weighted by molar-refractivity contribution is -0.141. The van der Waals surface area contributed by atoms with Crippen LogP contribution in [0.25, 0.3) is 0 Å². The SMILES string of the molecule is CC[C@H](C(=O)NC1CCCC1)N(Cc1ccccc1)C(=O)CCCN(c1ccc2c(c1)OCCO2)S(C)(=O)=O. The third-order valence-electron chi connectivity index (χ3n) is 7.25. The highest BCUT2D eigenvalue weighted by molar-refractivity contribution is 7.92. The lowest BCUT2D eigenvalue weighted by Crippen LogP contribution is -2.51. The normalized spacial score (nSPS) is 15.9. The number of benzene rings is 2. The maximum Gasteiger partial charge on any atom is 0.243 e. The largest absolute Gasteiger partial charge is 0.486 e.